The largest absolute Gasteiger partial charge is 0.298 e. The van der Waals surface area contributed by atoms with Gasteiger partial charge in [0.15, 0.2) is 0 Å². The number of carbonyl (C=O) groups is 1. The highest BCUT2D eigenvalue weighted by atomic mass is 16.1. The van der Waals surface area contributed by atoms with Crippen LogP contribution in [0.3, 0.4) is 0 Å². The van der Waals surface area contributed by atoms with Gasteiger partial charge >= 0.3 is 0 Å². The van der Waals surface area contributed by atoms with Gasteiger partial charge in [0.05, 0.1) is 0 Å². The molecule has 0 aromatic heterocycles. The van der Waals surface area contributed by atoms with Gasteiger partial charge in [-0.25, -0.2) is 0 Å². The molecule has 0 bridgehead atoms. The van der Waals surface area contributed by atoms with E-state index < -0.39 is 0 Å². The first kappa shape index (κ1) is 25.0. The van der Waals surface area contributed by atoms with E-state index in [0.717, 1.165) is 11.8 Å². The summed E-state index contributed by atoms with van der Waals surface area (Å²) in [5.41, 5.74) is 7.17. The second-order valence-electron chi connectivity index (χ2n) is 9.32. The first-order valence-electron chi connectivity index (χ1n) is 13.0. The van der Waals surface area contributed by atoms with Crippen molar-refractivity contribution in [2.75, 3.05) is 0 Å². The zero-order chi connectivity index (χ0) is 23.4. The van der Waals surface area contributed by atoms with Gasteiger partial charge in [-0.2, -0.15) is 0 Å². The maximum atomic E-state index is 10.0. The van der Waals surface area contributed by atoms with Crippen molar-refractivity contribution in [1.29, 1.82) is 0 Å². The fourth-order valence-corrected chi connectivity index (χ4v) is 5.32. The Morgan fingerprint density at radius 1 is 0.576 bits per heavy atom. The van der Waals surface area contributed by atoms with E-state index in [1.807, 2.05) is 18.2 Å². The third kappa shape index (κ3) is 6.22. The molecule has 1 aliphatic carbocycles. The topological polar surface area (TPSA) is 17.1 Å². The van der Waals surface area contributed by atoms with Crippen molar-refractivity contribution in [2.45, 2.75) is 83.5 Å². The SMILES string of the molecule is CCCCCCC1(CCCCCC)c2ccccc2-c2ccccc21.O=Cc1ccccc1. The molecule has 33 heavy (non-hydrogen) atoms. The molecule has 0 N–H and O–H groups in total. The van der Waals surface area contributed by atoms with Crippen LogP contribution in [-0.2, 0) is 5.41 Å². The highest BCUT2D eigenvalue weighted by molar-refractivity contribution is 5.81. The lowest BCUT2D eigenvalue weighted by molar-refractivity contribution is 0.112. The first-order valence-corrected chi connectivity index (χ1v) is 13.0. The van der Waals surface area contributed by atoms with Crippen LogP contribution in [0.4, 0.5) is 0 Å². The van der Waals surface area contributed by atoms with E-state index in [1.165, 1.54) is 75.3 Å². The number of benzene rings is 3. The minimum absolute atomic E-state index is 0.259. The molecule has 0 amide bonds. The molecule has 0 saturated carbocycles. The zero-order valence-corrected chi connectivity index (χ0v) is 20.6. The molecule has 0 aliphatic heterocycles. The summed E-state index contributed by atoms with van der Waals surface area (Å²) >= 11 is 0. The van der Waals surface area contributed by atoms with E-state index in [1.54, 1.807) is 23.3 Å². The minimum atomic E-state index is 0.259. The summed E-state index contributed by atoms with van der Waals surface area (Å²) in [6.45, 7) is 4.61. The van der Waals surface area contributed by atoms with Crippen molar-refractivity contribution < 1.29 is 4.79 Å². The average molecular weight is 441 g/mol. The van der Waals surface area contributed by atoms with E-state index in [9.17, 15) is 4.79 Å². The molecule has 4 rings (SSSR count). The van der Waals surface area contributed by atoms with Gasteiger partial charge in [-0.15, -0.1) is 0 Å². The van der Waals surface area contributed by atoms with Crippen molar-refractivity contribution in [3.8, 4) is 11.1 Å². The van der Waals surface area contributed by atoms with Crippen LogP contribution in [-0.4, -0.2) is 6.29 Å². The predicted molar refractivity (Wildman–Crippen MR) is 142 cm³/mol. The van der Waals surface area contributed by atoms with Gasteiger partial charge < -0.3 is 0 Å². The lowest BCUT2D eigenvalue weighted by atomic mass is 9.70. The monoisotopic (exact) mass is 440 g/mol. The lowest BCUT2D eigenvalue weighted by Crippen LogP contribution is -2.25. The van der Waals surface area contributed by atoms with Gasteiger partial charge in [-0.1, -0.05) is 144 Å². The number of hydrogen-bond donors (Lipinski definition) is 0. The molecule has 1 aliphatic rings. The molecular formula is C32H40O. The molecule has 3 aromatic carbocycles. The van der Waals surface area contributed by atoms with Crippen LogP contribution in [0.15, 0.2) is 78.9 Å². The second-order valence-corrected chi connectivity index (χ2v) is 9.32. The summed E-state index contributed by atoms with van der Waals surface area (Å²) in [4.78, 5) is 10.0. The van der Waals surface area contributed by atoms with Crippen molar-refractivity contribution >= 4 is 6.29 Å². The maximum Gasteiger partial charge on any atom is 0.150 e. The van der Waals surface area contributed by atoms with E-state index in [-0.39, 0.29) is 5.41 Å². The fraction of sp³-hybridized carbons (Fsp3) is 0.406. The Morgan fingerprint density at radius 2 is 1.03 bits per heavy atom. The van der Waals surface area contributed by atoms with E-state index >= 15 is 0 Å². The lowest BCUT2D eigenvalue weighted by Gasteiger charge is -2.33. The highest BCUT2D eigenvalue weighted by Gasteiger charge is 2.41. The standard InChI is InChI=1S/C25H34.C7H6O/c1-3-5-7-13-19-25(20-14-8-6-4-2)23-17-11-9-15-21(23)22-16-10-12-18-24(22)25;8-6-7-4-2-1-3-5-7/h9-12,15-18H,3-8,13-14,19-20H2,1-2H3;1-6H. The normalized spacial score (nSPS) is 12.9. The number of rotatable bonds is 11. The third-order valence-electron chi connectivity index (χ3n) is 7.03. The smallest absolute Gasteiger partial charge is 0.150 e. The summed E-state index contributed by atoms with van der Waals surface area (Å²) in [5.74, 6) is 0. The van der Waals surface area contributed by atoms with Crippen LogP contribution in [0, 0.1) is 0 Å². The van der Waals surface area contributed by atoms with Crippen LogP contribution in [0.2, 0.25) is 0 Å². The highest BCUT2D eigenvalue weighted by Crippen LogP contribution is 2.53. The summed E-state index contributed by atoms with van der Waals surface area (Å²) in [5, 5.41) is 0. The number of aldehydes is 1. The van der Waals surface area contributed by atoms with Gasteiger partial charge in [-0.05, 0) is 35.1 Å². The summed E-state index contributed by atoms with van der Waals surface area (Å²) in [6.07, 6.45) is 14.3. The van der Waals surface area contributed by atoms with Crippen molar-refractivity contribution in [2.24, 2.45) is 0 Å². The number of hydrogen-bond acceptors (Lipinski definition) is 1. The number of unbranched alkanes of at least 4 members (excludes halogenated alkanes) is 6. The van der Waals surface area contributed by atoms with Crippen molar-refractivity contribution in [3.05, 3.63) is 95.6 Å². The van der Waals surface area contributed by atoms with Crippen molar-refractivity contribution in [3.63, 3.8) is 0 Å². The van der Waals surface area contributed by atoms with Gasteiger partial charge in [-0.3, -0.25) is 4.79 Å². The molecule has 1 heteroatoms. The average Bonchev–Trinajstić information content (AvgIpc) is 3.16. The molecule has 0 heterocycles. The Balaban J connectivity index is 0.000000323. The van der Waals surface area contributed by atoms with Crippen LogP contribution in [0.5, 0.6) is 0 Å². The van der Waals surface area contributed by atoms with Crippen LogP contribution >= 0.6 is 0 Å². The van der Waals surface area contributed by atoms with E-state index in [2.05, 4.69) is 62.4 Å². The first-order chi connectivity index (χ1) is 16.3. The Bertz CT molecular complexity index is 913. The molecule has 0 radical (unpaired) electrons. The fourth-order valence-electron chi connectivity index (χ4n) is 5.32. The quantitative estimate of drug-likeness (QED) is 0.214. The Morgan fingerprint density at radius 3 is 1.45 bits per heavy atom. The van der Waals surface area contributed by atoms with Crippen molar-refractivity contribution in [1.82, 2.24) is 0 Å². The van der Waals surface area contributed by atoms with Gasteiger partial charge in [0.2, 0.25) is 0 Å². The van der Waals surface area contributed by atoms with Gasteiger partial charge in [0, 0.05) is 11.0 Å². The molecule has 0 atom stereocenters. The van der Waals surface area contributed by atoms with Gasteiger partial charge in [0.25, 0.3) is 0 Å². The van der Waals surface area contributed by atoms with Gasteiger partial charge in [0.1, 0.15) is 6.29 Å². The van der Waals surface area contributed by atoms with E-state index in [4.69, 9.17) is 0 Å². The Hall–Kier alpha value is -2.67. The summed E-state index contributed by atoms with van der Waals surface area (Å²) < 4.78 is 0. The Kier molecular flexibility index (Phi) is 9.94. The molecule has 174 valence electrons. The third-order valence-corrected chi connectivity index (χ3v) is 7.03. The summed E-state index contributed by atoms with van der Waals surface area (Å²) in [7, 11) is 0. The number of carbonyl (C=O) groups excluding carboxylic acids is 1. The molecule has 0 fully saturated rings. The zero-order valence-electron chi connectivity index (χ0n) is 20.6. The van der Waals surface area contributed by atoms with Crippen LogP contribution in [0.25, 0.3) is 11.1 Å². The van der Waals surface area contributed by atoms with Crippen LogP contribution < -0.4 is 0 Å². The molecule has 1 nitrogen and oxygen atoms in total. The number of fused-ring (bicyclic) bond motifs is 3. The molecular weight excluding hydrogens is 400 g/mol. The maximum absolute atomic E-state index is 10.0. The molecule has 3 aromatic rings. The molecule has 0 spiro atoms. The predicted octanol–water partition coefficient (Wildman–Crippen LogP) is 9.39. The Labute approximate surface area is 201 Å². The minimum Gasteiger partial charge on any atom is -0.298 e. The second kappa shape index (κ2) is 13.1. The molecule has 0 saturated heterocycles. The van der Waals surface area contributed by atoms with Crippen LogP contribution in [0.1, 0.15) is 99.5 Å². The molecule has 0 unspecified atom stereocenters. The van der Waals surface area contributed by atoms with E-state index in [0.29, 0.717) is 0 Å². The summed E-state index contributed by atoms with van der Waals surface area (Å²) in [6, 6.07) is 27.5.